The Balaban J connectivity index is 2.38. The maximum atomic E-state index is 11.5. The Kier molecular flexibility index (Phi) is 6.11. The van der Waals surface area contributed by atoms with Gasteiger partial charge in [0.25, 0.3) is 0 Å². The molecule has 1 amide bonds. The molecule has 0 aliphatic heterocycles. The smallest absolute Gasteiger partial charge is 0.413 e. The van der Waals surface area contributed by atoms with Crippen LogP contribution in [0.4, 0.5) is 9.93 Å². The highest BCUT2D eigenvalue weighted by molar-refractivity contribution is 7.90. The lowest BCUT2D eigenvalue weighted by atomic mass is 10.2. The van der Waals surface area contributed by atoms with Gasteiger partial charge >= 0.3 is 6.09 Å². The number of thiazole rings is 1. The van der Waals surface area contributed by atoms with Crippen LogP contribution in [0.5, 0.6) is 0 Å². The third-order valence-electron chi connectivity index (χ3n) is 2.01. The van der Waals surface area contributed by atoms with Gasteiger partial charge in [-0.15, -0.1) is 11.3 Å². The third-order valence-corrected chi connectivity index (χ3v) is 3.72. The molecule has 21 heavy (non-hydrogen) atoms. The largest absolute Gasteiger partial charge is 0.444 e. The Hall–Kier alpha value is -1.19. The van der Waals surface area contributed by atoms with Gasteiger partial charge in [-0.25, -0.2) is 18.2 Å². The van der Waals surface area contributed by atoms with Crippen LogP contribution >= 0.6 is 11.3 Å². The van der Waals surface area contributed by atoms with Gasteiger partial charge in [0, 0.05) is 11.6 Å². The van der Waals surface area contributed by atoms with E-state index in [9.17, 15) is 13.2 Å². The van der Waals surface area contributed by atoms with Gasteiger partial charge in [0.15, 0.2) is 5.13 Å². The zero-order chi connectivity index (χ0) is 16.1. The van der Waals surface area contributed by atoms with Gasteiger partial charge in [0.05, 0.1) is 24.7 Å². The lowest BCUT2D eigenvalue weighted by Crippen LogP contribution is -2.27. The SMILES string of the molecule is CC(C)(C)OC(=O)Nc1nc(COCCS(C)(=O)=O)cs1. The van der Waals surface area contributed by atoms with Crippen LogP contribution in [-0.4, -0.2) is 43.7 Å². The normalized spacial score (nSPS) is 12.2. The molecule has 7 nitrogen and oxygen atoms in total. The van der Waals surface area contributed by atoms with Crippen molar-refractivity contribution in [2.75, 3.05) is 23.9 Å². The van der Waals surface area contributed by atoms with Crippen molar-refractivity contribution in [2.24, 2.45) is 0 Å². The van der Waals surface area contributed by atoms with Crippen molar-refractivity contribution in [2.45, 2.75) is 33.0 Å². The fourth-order valence-corrected chi connectivity index (χ4v) is 2.31. The lowest BCUT2D eigenvalue weighted by molar-refractivity contribution is 0.0635. The second-order valence-electron chi connectivity index (χ2n) is 5.45. The molecular formula is C12H20N2O5S2. The summed E-state index contributed by atoms with van der Waals surface area (Å²) in [5.41, 5.74) is 0.0541. The molecule has 0 aliphatic rings. The fourth-order valence-electron chi connectivity index (χ4n) is 1.21. The third kappa shape index (κ3) is 8.64. The Labute approximate surface area is 128 Å². The van der Waals surface area contributed by atoms with Gasteiger partial charge < -0.3 is 9.47 Å². The molecule has 1 N–H and O–H groups in total. The number of rotatable bonds is 6. The zero-order valence-electron chi connectivity index (χ0n) is 12.5. The summed E-state index contributed by atoms with van der Waals surface area (Å²) < 4.78 is 32.2. The lowest BCUT2D eigenvalue weighted by Gasteiger charge is -2.18. The summed E-state index contributed by atoms with van der Waals surface area (Å²) >= 11 is 1.25. The number of amides is 1. The van der Waals surface area contributed by atoms with Crippen molar-refractivity contribution in [3.05, 3.63) is 11.1 Å². The number of nitrogens with zero attached hydrogens (tertiary/aromatic N) is 1. The number of hydrogen-bond donors (Lipinski definition) is 1. The predicted molar refractivity (Wildman–Crippen MR) is 81.3 cm³/mol. The molecule has 0 unspecified atom stereocenters. The van der Waals surface area contributed by atoms with Crippen molar-refractivity contribution in [1.82, 2.24) is 4.98 Å². The number of carbonyl (C=O) groups excluding carboxylic acids is 1. The van der Waals surface area contributed by atoms with E-state index in [2.05, 4.69) is 10.3 Å². The van der Waals surface area contributed by atoms with Crippen molar-refractivity contribution in [3.8, 4) is 0 Å². The fraction of sp³-hybridized carbons (Fsp3) is 0.667. The number of anilines is 1. The molecule has 0 aromatic carbocycles. The van der Waals surface area contributed by atoms with Gasteiger partial charge in [0.2, 0.25) is 0 Å². The molecule has 1 aromatic heterocycles. The topological polar surface area (TPSA) is 94.6 Å². The summed E-state index contributed by atoms with van der Waals surface area (Å²) in [6.07, 6.45) is 0.587. The number of sulfone groups is 1. The summed E-state index contributed by atoms with van der Waals surface area (Å²) in [4.78, 5) is 15.7. The number of ether oxygens (including phenoxy) is 2. The van der Waals surface area contributed by atoms with E-state index in [1.165, 1.54) is 11.3 Å². The van der Waals surface area contributed by atoms with Crippen LogP contribution in [0.3, 0.4) is 0 Å². The van der Waals surface area contributed by atoms with E-state index in [4.69, 9.17) is 9.47 Å². The molecule has 0 saturated carbocycles. The second-order valence-corrected chi connectivity index (χ2v) is 8.57. The summed E-state index contributed by atoms with van der Waals surface area (Å²) in [6, 6.07) is 0. The predicted octanol–water partition coefficient (Wildman–Crippen LogP) is 2.05. The van der Waals surface area contributed by atoms with Gasteiger partial charge in [-0.2, -0.15) is 0 Å². The molecule has 1 heterocycles. The molecule has 0 radical (unpaired) electrons. The average Bonchev–Trinajstić information content (AvgIpc) is 2.68. The molecule has 0 atom stereocenters. The van der Waals surface area contributed by atoms with Gasteiger partial charge in [-0.1, -0.05) is 0 Å². The quantitative estimate of drug-likeness (QED) is 0.799. The van der Waals surface area contributed by atoms with E-state index >= 15 is 0 Å². The first-order valence-corrected chi connectivity index (χ1v) is 9.19. The van der Waals surface area contributed by atoms with Gasteiger partial charge in [-0.05, 0) is 20.8 Å². The Morgan fingerprint density at radius 3 is 2.67 bits per heavy atom. The molecule has 120 valence electrons. The van der Waals surface area contributed by atoms with Crippen molar-refractivity contribution in [3.63, 3.8) is 0 Å². The summed E-state index contributed by atoms with van der Waals surface area (Å²) in [5.74, 6) is -0.0276. The summed E-state index contributed by atoms with van der Waals surface area (Å²) in [7, 11) is -3.02. The van der Waals surface area contributed by atoms with Gasteiger partial charge in [-0.3, -0.25) is 5.32 Å². The number of hydrogen-bond acceptors (Lipinski definition) is 7. The number of carbonyl (C=O) groups is 1. The van der Waals surface area contributed by atoms with E-state index in [0.29, 0.717) is 10.8 Å². The molecule has 1 aromatic rings. The van der Waals surface area contributed by atoms with Crippen LogP contribution in [0.15, 0.2) is 5.38 Å². The minimum absolute atomic E-state index is 0.0276. The van der Waals surface area contributed by atoms with E-state index < -0.39 is 21.5 Å². The Morgan fingerprint density at radius 2 is 2.10 bits per heavy atom. The van der Waals surface area contributed by atoms with Crippen LogP contribution in [-0.2, 0) is 25.9 Å². The minimum atomic E-state index is -3.02. The summed E-state index contributed by atoms with van der Waals surface area (Å²) in [6.45, 7) is 5.63. The highest BCUT2D eigenvalue weighted by Gasteiger charge is 2.17. The minimum Gasteiger partial charge on any atom is -0.444 e. The summed E-state index contributed by atoms with van der Waals surface area (Å²) in [5, 5.41) is 4.67. The van der Waals surface area contributed by atoms with Crippen LogP contribution in [0.1, 0.15) is 26.5 Å². The standard InChI is InChI=1S/C12H20N2O5S2/c1-12(2,3)19-11(15)14-10-13-9(8-20-10)7-18-5-6-21(4,16)17/h8H,5-7H2,1-4H3,(H,13,14,15). The molecular weight excluding hydrogens is 316 g/mol. The molecule has 0 bridgehead atoms. The van der Waals surface area contributed by atoms with Crippen LogP contribution in [0.2, 0.25) is 0 Å². The van der Waals surface area contributed by atoms with Crippen molar-refractivity contribution >= 4 is 32.4 Å². The Morgan fingerprint density at radius 1 is 1.43 bits per heavy atom. The van der Waals surface area contributed by atoms with E-state index in [-0.39, 0.29) is 19.0 Å². The average molecular weight is 336 g/mol. The highest BCUT2D eigenvalue weighted by Crippen LogP contribution is 2.17. The first-order chi connectivity index (χ1) is 9.55. The Bertz CT molecular complexity index is 575. The molecule has 9 heteroatoms. The van der Waals surface area contributed by atoms with Gasteiger partial charge in [0.1, 0.15) is 15.4 Å². The van der Waals surface area contributed by atoms with Crippen molar-refractivity contribution < 1.29 is 22.7 Å². The first-order valence-electron chi connectivity index (χ1n) is 6.25. The second kappa shape index (κ2) is 7.19. The molecule has 0 saturated heterocycles. The molecule has 0 spiro atoms. The maximum Gasteiger partial charge on any atom is 0.413 e. The molecule has 1 rings (SSSR count). The van der Waals surface area contributed by atoms with E-state index in [0.717, 1.165) is 6.26 Å². The maximum absolute atomic E-state index is 11.5. The van der Waals surface area contributed by atoms with E-state index in [1.54, 1.807) is 26.2 Å². The number of aromatic nitrogens is 1. The molecule has 0 aliphatic carbocycles. The van der Waals surface area contributed by atoms with Crippen molar-refractivity contribution in [1.29, 1.82) is 0 Å². The molecule has 0 fully saturated rings. The zero-order valence-corrected chi connectivity index (χ0v) is 14.1. The van der Waals surface area contributed by atoms with Crippen LogP contribution < -0.4 is 5.32 Å². The van der Waals surface area contributed by atoms with Crippen LogP contribution in [0.25, 0.3) is 0 Å². The van der Waals surface area contributed by atoms with Crippen LogP contribution in [0, 0.1) is 0 Å². The first kappa shape index (κ1) is 17.9. The highest BCUT2D eigenvalue weighted by atomic mass is 32.2. The number of nitrogens with one attached hydrogen (secondary N) is 1. The monoisotopic (exact) mass is 336 g/mol. The van der Waals surface area contributed by atoms with E-state index in [1.807, 2.05) is 0 Å².